The molecule has 9 heteroatoms. The van der Waals surface area contributed by atoms with Crippen molar-refractivity contribution >= 4 is 45.7 Å². The Balaban J connectivity index is 1.65. The van der Waals surface area contributed by atoms with Crippen molar-refractivity contribution in [2.24, 2.45) is 5.92 Å². The Morgan fingerprint density at radius 3 is 2.39 bits per heavy atom. The second-order valence-corrected chi connectivity index (χ2v) is 9.56. The maximum atomic E-state index is 13.0. The minimum Gasteiger partial charge on any atom is -0.326 e. The zero-order valence-corrected chi connectivity index (χ0v) is 20.6. The summed E-state index contributed by atoms with van der Waals surface area (Å²) in [5.74, 6) is -0.0195. The van der Waals surface area contributed by atoms with Crippen LogP contribution in [0.5, 0.6) is 0 Å². The van der Waals surface area contributed by atoms with Crippen molar-refractivity contribution < 1.29 is 9.59 Å². The molecular weight excluding hydrogens is 458 g/mol. The summed E-state index contributed by atoms with van der Waals surface area (Å²) < 4.78 is 0. The predicted octanol–water partition coefficient (Wildman–Crippen LogP) is 6.16. The van der Waals surface area contributed by atoms with Crippen molar-refractivity contribution in [3.63, 3.8) is 0 Å². The number of nitrogens with zero attached hydrogens (tertiary/aromatic N) is 2. The van der Waals surface area contributed by atoms with E-state index in [4.69, 9.17) is 11.6 Å². The molecule has 174 valence electrons. The molecule has 33 heavy (non-hydrogen) atoms. The zero-order valence-electron chi connectivity index (χ0n) is 19.1. The Kier molecular flexibility index (Phi) is 8.41. The molecule has 3 aromatic rings. The van der Waals surface area contributed by atoms with Crippen molar-refractivity contribution in [2.75, 3.05) is 10.6 Å². The monoisotopic (exact) mass is 485 g/mol. The minimum atomic E-state index is -0.733. The van der Waals surface area contributed by atoms with Crippen LogP contribution >= 0.6 is 22.9 Å². The number of nitrogens with one attached hydrogen (secondary N) is 3. The number of urea groups is 1. The summed E-state index contributed by atoms with van der Waals surface area (Å²) in [5, 5.41) is 18.2. The Hall–Kier alpha value is -2.97. The molecular formula is C24H28ClN5O2S. The van der Waals surface area contributed by atoms with Gasteiger partial charge in [-0.3, -0.25) is 10.1 Å². The van der Waals surface area contributed by atoms with E-state index in [0.29, 0.717) is 33.2 Å². The Morgan fingerprint density at radius 2 is 1.76 bits per heavy atom. The van der Waals surface area contributed by atoms with Gasteiger partial charge in [-0.2, -0.15) is 0 Å². The summed E-state index contributed by atoms with van der Waals surface area (Å²) in [6.07, 6.45) is 0.714. The van der Waals surface area contributed by atoms with Crippen molar-refractivity contribution in [3.05, 3.63) is 59.1 Å². The maximum absolute atomic E-state index is 13.0. The average molecular weight is 486 g/mol. The van der Waals surface area contributed by atoms with E-state index < -0.39 is 12.1 Å². The Morgan fingerprint density at radius 1 is 1.03 bits per heavy atom. The lowest BCUT2D eigenvalue weighted by Crippen LogP contribution is -2.49. The molecule has 3 amide bonds. The van der Waals surface area contributed by atoms with Crippen LogP contribution in [0.4, 0.5) is 15.6 Å². The molecule has 0 aliphatic carbocycles. The molecule has 7 nitrogen and oxygen atoms in total. The van der Waals surface area contributed by atoms with E-state index in [1.807, 2.05) is 50.2 Å². The second kappa shape index (κ2) is 11.2. The molecule has 0 spiro atoms. The molecule has 0 aliphatic rings. The summed E-state index contributed by atoms with van der Waals surface area (Å²) in [6.45, 7) is 8.11. The van der Waals surface area contributed by atoms with Gasteiger partial charge in [0.25, 0.3) is 0 Å². The molecule has 0 saturated heterocycles. The molecule has 0 fully saturated rings. The van der Waals surface area contributed by atoms with Crippen molar-refractivity contribution in [1.29, 1.82) is 0 Å². The molecule has 0 saturated carbocycles. The highest BCUT2D eigenvalue weighted by Crippen LogP contribution is 2.28. The van der Waals surface area contributed by atoms with Crippen LogP contribution in [0.1, 0.15) is 45.6 Å². The van der Waals surface area contributed by atoms with Crippen LogP contribution in [0.3, 0.4) is 0 Å². The topological polar surface area (TPSA) is 96.0 Å². The third kappa shape index (κ3) is 6.76. The van der Waals surface area contributed by atoms with E-state index in [1.165, 1.54) is 16.9 Å². The number of amides is 3. The lowest BCUT2D eigenvalue weighted by Gasteiger charge is -2.23. The smallest absolute Gasteiger partial charge is 0.319 e. The number of carbonyl (C=O) groups excluding carboxylic acids is 2. The van der Waals surface area contributed by atoms with Crippen LogP contribution < -0.4 is 16.0 Å². The van der Waals surface area contributed by atoms with E-state index in [2.05, 4.69) is 40.0 Å². The van der Waals surface area contributed by atoms with Crippen molar-refractivity contribution in [2.45, 2.75) is 46.1 Å². The van der Waals surface area contributed by atoms with Crippen LogP contribution in [-0.4, -0.2) is 28.2 Å². The number of anilines is 2. The number of carbonyl (C=O) groups is 2. The summed E-state index contributed by atoms with van der Waals surface area (Å²) in [5.41, 5.74) is 2.67. The van der Waals surface area contributed by atoms with Gasteiger partial charge in [-0.25, -0.2) is 4.79 Å². The third-order valence-corrected chi connectivity index (χ3v) is 6.47. The lowest BCUT2D eigenvalue weighted by atomic mass is 9.98. The number of aromatic nitrogens is 2. The number of halogens is 1. The van der Waals surface area contributed by atoms with E-state index in [0.717, 1.165) is 5.56 Å². The number of hydrogen-bond donors (Lipinski definition) is 3. The molecule has 1 aromatic heterocycles. The van der Waals surface area contributed by atoms with Crippen molar-refractivity contribution in [3.8, 4) is 10.6 Å². The number of rotatable bonds is 8. The summed E-state index contributed by atoms with van der Waals surface area (Å²) in [6, 6.07) is 13.8. The highest BCUT2D eigenvalue weighted by Gasteiger charge is 2.27. The molecule has 3 N–H and O–H groups in total. The SMILES string of the molecule is CC[C@H](C)[C@H](NC(=O)Nc1ccc(C(C)C)cc1)C(=O)Nc1nnc(-c2cccc(Cl)c2)s1. The van der Waals surface area contributed by atoms with Crippen molar-refractivity contribution in [1.82, 2.24) is 15.5 Å². The van der Waals surface area contributed by atoms with Gasteiger partial charge in [0.1, 0.15) is 11.0 Å². The van der Waals surface area contributed by atoms with E-state index in [1.54, 1.807) is 12.1 Å². The quantitative estimate of drug-likeness (QED) is 0.356. The fraction of sp³-hybridized carbons (Fsp3) is 0.333. The van der Waals surface area contributed by atoms with Gasteiger partial charge in [0.15, 0.2) is 0 Å². The molecule has 2 atom stereocenters. The van der Waals surface area contributed by atoms with E-state index >= 15 is 0 Å². The Labute approximate surface area is 203 Å². The highest BCUT2D eigenvalue weighted by molar-refractivity contribution is 7.18. The summed E-state index contributed by atoms with van der Waals surface area (Å²) in [4.78, 5) is 25.6. The van der Waals surface area contributed by atoms with Crippen LogP contribution in [0.25, 0.3) is 10.6 Å². The molecule has 0 unspecified atom stereocenters. The van der Waals surface area contributed by atoms with Gasteiger partial charge >= 0.3 is 6.03 Å². The van der Waals surface area contributed by atoms with Gasteiger partial charge in [-0.05, 0) is 41.7 Å². The molecule has 3 rings (SSSR count). The molecule has 1 heterocycles. The van der Waals surface area contributed by atoms with Gasteiger partial charge in [0.05, 0.1) is 0 Å². The molecule has 0 radical (unpaired) electrons. The van der Waals surface area contributed by atoms with Gasteiger partial charge in [0.2, 0.25) is 11.0 Å². The standard InChI is InChI=1S/C24H28ClN5O2S/c1-5-15(4)20(27-23(32)26-19-11-9-16(10-12-19)14(2)3)21(31)28-24-30-29-22(33-24)17-7-6-8-18(25)13-17/h6-15,20H,5H2,1-4H3,(H2,26,27,32)(H,28,30,31)/t15-,20-/m0/s1. The maximum Gasteiger partial charge on any atom is 0.319 e. The Bertz CT molecular complexity index is 1100. The van der Waals surface area contributed by atoms with Gasteiger partial charge < -0.3 is 10.6 Å². The highest BCUT2D eigenvalue weighted by atomic mass is 35.5. The first-order chi connectivity index (χ1) is 15.8. The van der Waals surface area contributed by atoms with Crippen LogP contribution in [0.15, 0.2) is 48.5 Å². The summed E-state index contributed by atoms with van der Waals surface area (Å²) in [7, 11) is 0. The fourth-order valence-electron chi connectivity index (χ4n) is 3.16. The molecule has 0 aliphatic heterocycles. The van der Waals surface area contributed by atoms with Gasteiger partial charge in [0, 0.05) is 16.3 Å². The van der Waals surface area contributed by atoms with E-state index in [9.17, 15) is 9.59 Å². The van der Waals surface area contributed by atoms with Crippen LogP contribution in [0.2, 0.25) is 5.02 Å². The lowest BCUT2D eigenvalue weighted by molar-refractivity contribution is -0.119. The largest absolute Gasteiger partial charge is 0.326 e. The molecule has 0 bridgehead atoms. The first-order valence-corrected chi connectivity index (χ1v) is 12.0. The normalized spacial score (nSPS) is 12.8. The third-order valence-electron chi connectivity index (χ3n) is 5.34. The summed E-state index contributed by atoms with van der Waals surface area (Å²) >= 11 is 7.29. The first kappa shape index (κ1) is 24.7. The van der Waals surface area contributed by atoms with Crippen LogP contribution in [-0.2, 0) is 4.79 Å². The predicted molar refractivity (Wildman–Crippen MR) is 135 cm³/mol. The van der Waals surface area contributed by atoms with Gasteiger partial charge in [-0.1, -0.05) is 81.3 Å². The number of hydrogen-bond acceptors (Lipinski definition) is 5. The second-order valence-electron chi connectivity index (χ2n) is 8.15. The average Bonchev–Trinajstić information content (AvgIpc) is 3.25. The van der Waals surface area contributed by atoms with E-state index in [-0.39, 0.29) is 11.8 Å². The minimum absolute atomic E-state index is 0.0839. The van der Waals surface area contributed by atoms with Gasteiger partial charge in [-0.15, -0.1) is 10.2 Å². The molecule has 2 aromatic carbocycles. The first-order valence-electron chi connectivity index (χ1n) is 10.8. The number of benzene rings is 2. The van der Waals surface area contributed by atoms with Crippen LogP contribution in [0, 0.1) is 5.92 Å². The fourth-order valence-corrected chi connectivity index (χ4v) is 4.09. The zero-order chi connectivity index (χ0) is 24.0.